The van der Waals surface area contributed by atoms with Gasteiger partial charge in [0, 0.05) is 23.1 Å². The highest BCUT2D eigenvalue weighted by molar-refractivity contribution is 5.89. The zero-order chi connectivity index (χ0) is 18.7. The molecule has 3 heterocycles. The average molecular weight is 358 g/mol. The van der Waals surface area contributed by atoms with Crippen molar-refractivity contribution in [1.29, 1.82) is 0 Å². The van der Waals surface area contributed by atoms with Crippen molar-refractivity contribution in [2.24, 2.45) is 0 Å². The van der Waals surface area contributed by atoms with E-state index in [4.69, 9.17) is 9.97 Å². The van der Waals surface area contributed by atoms with Gasteiger partial charge in [0.25, 0.3) is 5.56 Å². The van der Waals surface area contributed by atoms with Crippen LogP contribution in [0.4, 0.5) is 0 Å². The molecule has 2 aromatic heterocycles. The Morgan fingerprint density at radius 2 is 1.85 bits per heavy atom. The molecule has 0 saturated carbocycles. The van der Waals surface area contributed by atoms with Crippen molar-refractivity contribution in [2.75, 3.05) is 14.1 Å². The van der Waals surface area contributed by atoms with Crippen molar-refractivity contribution in [1.82, 2.24) is 19.4 Å². The maximum absolute atomic E-state index is 12.9. The predicted molar refractivity (Wildman–Crippen MR) is 105 cm³/mol. The molecule has 6 heteroatoms. The van der Waals surface area contributed by atoms with E-state index in [2.05, 4.69) is 0 Å². The van der Waals surface area contributed by atoms with Gasteiger partial charge in [0.15, 0.2) is 5.82 Å². The van der Waals surface area contributed by atoms with Crippen molar-refractivity contribution in [3.05, 3.63) is 63.9 Å². The van der Waals surface area contributed by atoms with Gasteiger partial charge in [-0.25, -0.2) is 9.97 Å². The second kappa shape index (κ2) is 5.62. The Balaban J connectivity index is 1.78. The number of fused-ring (bicyclic) bond motifs is 5. The summed E-state index contributed by atoms with van der Waals surface area (Å²) >= 11 is 0. The van der Waals surface area contributed by atoms with E-state index in [1.54, 1.807) is 16.7 Å². The number of phenolic OH excluding ortho intramolecular Hbond substituents is 1. The van der Waals surface area contributed by atoms with E-state index in [1.165, 1.54) is 0 Å². The van der Waals surface area contributed by atoms with Gasteiger partial charge in [-0.3, -0.25) is 9.36 Å². The monoisotopic (exact) mass is 358 g/mol. The van der Waals surface area contributed by atoms with Gasteiger partial charge < -0.3 is 10.0 Å². The maximum Gasteiger partial charge on any atom is 0.262 e. The van der Waals surface area contributed by atoms with Gasteiger partial charge in [-0.2, -0.15) is 0 Å². The van der Waals surface area contributed by atoms with Crippen molar-refractivity contribution in [2.45, 2.75) is 13.1 Å². The molecular formula is C21H18N4O2. The summed E-state index contributed by atoms with van der Waals surface area (Å²) in [5, 5.41) is 11.9. The van der Waals surface area contributed by atoms with Gasteiger partial charge in [-0.05, 0) is 44.4 Å². The van der Waals surface area contributed by atoms with Crippen LogP contribution < -0.4 is 5.56 Å². The molecule has 2 aromatic carbocycles. The van der Waals surface area contributed by atoms with Crippen LogP contribution in [0.25, 0.3) is 33.3 Å². The number of aromatic nitrogens is 3. The molecule has 134 valence electrons. The van der Waals surface area contributed by atoms with E-state index < -0.39 is 0 Å². The number of pyridine rings is 1. The predicted octanol–water partition coefficient (Wildman–Crippen LogP) is 2.74. The third-order valence-electron chi connectivity index (χ3n) is 5.04. The van der Waals surface area contributed by atoms with Crippen LogP contribution in [0.3, 0.4) is 0 Å². The Kier molecular flexibility index (Phi) is 3.32. The number of benzene rings is 2. The van der Waals surface area contributed by atoms with Gasteiger partial charge in [0.1, 0.15) is 11.4 Å². The van der Waals surface area contributed by atoms with Crippen LogP contribution in [0.2, 0.25) is 0 Å². The third kappa shape index (κ3) is 2.34. The number of aromatic hydroxyl groups is 1. The normalized spacial score (nSPS) is 12.7. The van der Waals surface area contributed by atoms with Crippen LogP contribution >= 0.6 is 0 Å². The molecule has 27 heavy (non-hydrogen) atoms. The van der Waals surface area contributed by atoms with E-state index in [0.717, 1.165) is 27.7 Å². The molecule has 0 spiro atoms. The second-order valence-corrected chi connectivity index (χ2v) is 7.21. The van der Waals surface area contributed by atoms with Crippen molar-refractivity contribution in [3.8, 4) is 17.3 Å². The quantitative estimate of drug-likeness (QED) is 0.525. The summed E-state index contributed by atoms with van der Waals surface area (Å²) in [4.78, 5) is 24.4. The minimum absolute atomic E-state index is 0.0472. The molecule has 0 saturated heterocycles. The van der Waals surface area contributed by atoms with E-state index in [0.29, 0.717) is 29.8 Å². The summed E-state index contributed by atoms with van der Waals surface area (Å²) in [5.74, 6) is 0.868. The number of nitrogens with zero attached hydrogens (tertiary/aromatic N) is 4. The first kappa shape index (κ1) is 16.0. The molecule has 0 unspecified atom stereocenters. The van der Waals surface area contributed by atoms with E-state index in [1.807, 2.05) is 49.3 Å². The van der Waals surface area contributed by atoms with Crippen LogP contribution in [0.1, 0.15) is 11.1 Å². The lowest BCUT2D eigenvalue weighted by Crippen LogP contribution is -2.20. The number of hydrogen-bond acceptors (Lipinski definition) is 5. The standard InChI is InChI=1S/C21H18N4O2/c1-24(2)11-15-14-9-12-10-25-20(19(12)22-17(14)7-8-18(15)26)23-16-6-4-3-5-13(16)21(25)27/h3-9,26H,10-11H2,1-2H3. The lowest BCUT2D eigenvalue weighted by molar-refractivity contribution is 0.388. The maximum atomic E-state index is 12.9. The largest absolute Gasteiger partial charge is 0.508 e. The van der Waals surface area contributed by atoms with Crippen LogP contribution in [-0.2, 0) is 13.1 Å². The molecule has 1 aliphatic rings. The van der Waals surface area contributed by atoms with Gasteiger partial charge in [-0.15, -0.1) is 0 Å². The molecule has 0 radical (unpaired) electrons. The fourth-order valence-electron chi connectivity index (χ4n) is 3.80. The SMILES string of the molecule is CN(C)Cc1c(O)ccc2nc3c(cc12)Cn1c-3nc2ccccc2c1=O. The van der Waals surface area contributed by atoms with Gasteiger partial charge in [0.2, 0.25) is 0 Å². The zero-order valence-corrected chi connectivity index (χ0v) is 15.1. The molecule has 0 amide bonds. The average Bonchev–Trinajstić information content (AvgIpc) is 3.01. The smallest absolute Gasteiger partial charge is 0.262 e. The molecule has 0 atom stereocenters. The summed E-state index contributed by atoms with van der Waals surface area (Å²) in [5.41, 5.74) is 3.96. The van der Waals surface area contributed by atoms with Crippen molar-refractivity contribution in [3.63, 3.8) is 0 Å². The molecular weight excluding hydrogens is 340 g/mol. The molecule has 0 fully saturated rings. The fourth-order valence-corrected chi connectivity index (χ4v) is 3.80. The van der Waals surface area contributed by atoms with E-state index in [-0.39, 0.29) is 11.3 Å². The lowest BCUT2D eigenvalue weighted by atomic mass is 10.0. The third-order valence-corrected chi connectivity index (χ3v) is 5.04. The fraction of sp³-hybridized carbons (Fsp3) is 0.190. The van der Waals surface area contributed by atoms with Crippen molar-refractivity contribution < 1.29 is 5.11 Å². The molecule has 4 aromatic rings. The van der Waals surface area contributed by atoms with Crippen molar-refractivity contribution >= 4 is 21.8 Å². The van der Waals surface area contributed by atoms with Crippen LogP contribution in [0.15, 0.2) is 47.3 Å². The number of phenols is 1. The highest BCUT2D eigenvalue weighted by atomic mass is 16.3. The number of hydrogen-bond donors (Lipinski definition) is 1. The van der Waals surface area contributed by atoms with Crippen LogP contribution in [0, 0.1) is 0 Å². The molecule has 1 N–H and O–H groups in total. The molecule has 6 nitrogen and oxygen atoms in total. The minimum atomic E-state index is -0.0472. The van der Waals surface area contributed by atoms with Crippen LogP contribution in [-0.4, -0.2) is 38.6 Å². The Hall–Kier alpha value is -3.25. The molecule has 0 aliphatic carbocycles. The Bertz CT molecular complexity index is 1290. The molecule has 5 rings (SSSR count). The second-order valence-electron chi connectivity index (χ2n) is 7.21. The Morgan fingerprint density at radius 3 is 2.67 bits per heavy atom. The van der Waals surface area contributed by atoms with Gasteiger partial charge >= 0.3 is 0 Å². The molecule has 0 bridgehead atoms. The number of rotatable bonds is 2. The first-order valence-corrected chi connectivity index (χ1v) is 8.82. The Morgan fingerprint density at radius 1 is 1.07 bits per heavy atom. The van der Waals surface area contributed by atoms with Gasteiger partial charge in [0.05, 0.1) is 23.0 Å². The summed E-state index contributed by atoms with van der Waals surface area (Å²) in [7, 11) is 3.92. The zero-order valence-electron chi connectivity index (χ0n) is 15.1. The summed E-state index contributed by atoms with van der Waals surface area (Å²) in [6.45, 7) is 1.06. The first-order valence-electron chi connectivity index (χ1n) is 8.82. The summed E-state index contributed by atoms with van der Waals surface area (Å²) in [6, 6.07) is 12.9. The first-order chi connectivity index (χ1) is 13.0. The van der Waals surface area contributed by atoms with Crippen LogP contribution in [0.5, 0.6) is 5.75 Å². The Labute approximate surface area is 155 Å². The highest BCUT2D eigenvalue weighted by Gasteiger charge is 2.25. The van der Waals surface area contributed by atoms with E-state index >= 15 is 0 Å². The van der Waals surface area contributed by atoms with Gasteiger partial charge in [-0.1, -0.05) is 12.1 Å². The topological polar surface area (TPSA) is 71.2 Å². The number of para-hydroxylation sites is 1. The highest BCUT2D eigenvalue weighted by Crippen LogP contribution is 2.34. The lowest BCUT2D eigenvalue weighted by Gasteiger charge is -2.14. The summed E-state index contributed by atoms with van der Waals surface area (Å²) < 4.78 is 1.68. The minimum Gasteiger partial charge on any atom is -0.508 e. The van der Waals surface area contributed by atoms with E-state index in [9.17, 15) is 9.90 Å². The summed E-state index contributed by atoms with van der Waals surface area (Å²) in [6.07, 6.45) is 0. The molecule has 1 aliphatic heterocycles.